The predicted molar refractivity (Wildman–Crippen MR) is 179 cm³/mol. The zero-order chi connectivity index (χ0) is 32.4. The van der Waals surface area contributed by atoms with Gasteiger partial charge in [-0.15, -0.1) is 0 Å². The average molecular weight is 607 g/mol. The van der Waals surface area contributed by atoms with Crippen LogP contribution >= 0.6 is 0 Å². The third-order valence-corrected chi connectivity index (χ3v) is 7.41. The number of methoxy groups -OCH3 is 1. The summed E-state index contributed by atoms with van der Waals surface area (Å²) in [7, 11) is 1.35. The van der Waals surface area contributed by atoms with Gasteiger partial charge in [0.15, 0.2) is 5.78 Å². The highest BCUT2D eigenvalue weighted by Gasteiger charge is 2.28. The summed E-state index contributed by atoms with van der Waals surface area (Å²) in [6.07, 6.45) is 1.01. The molecule has 4 aromatic carbocycles. The van der Waals surface area contributed by atoms with Crippen molar-refractivity contribution in [2.45, 2.75) is 46.6 Å². The van der Waals surface area contributed by atoms with E-state index in [0.29, 0.717) is 48.6 Å². The van der Waals surface area contributed by atoms with Crippen molar-refractivity contribution in [2.24, 2.45) is 5.41 Å². The second-order valence-corrected chi connectivity index (χ2v) is 12.1. The molecule has 45 heavy (non-hydrogen) atoms. The Bertz CT molecular complexity index is 1580. The Morgan fingerprint density at radius 1 is 0.822 bits per heavy atom. The molecular weight excluding hydrogens is 564 g/mol. The van der Waals surface area contributed by atoms with E-state index in [4.69, 9.17) is 9.47 Å². The van der Waals surface area contributed by atoms with Crippen molar-refractivity contribution in [1.82, 2.24) is 0 Å². The van der Waals surface area contributed by atoms with Crippen molar-refractivity contribution in [2.75, 3.05) is 30.5 Å². The summed E-state index contributed by atoms with van der Waals surface area (Å²) in [4.78, 5) is 41.0. The van der Waals surface area contributed by atoms with Gasteiger partial charge in [0.1, 0.15) is 11.8 Å². The highest BCUT2D eigenvalue weighted by atomic mass is 16.5. The first-order chi connectivity index (χ1) is 21.6. The van der Waals surface area contributed by atoms with Crippen molar-refractivity contribution in [1.29, 1.82) is 0 Å². The number of ether oxygens (including phenoxy) is 2. The SMILES string of the molecule is COC(=O)C(Cc1ccc(OCCCN(C(=O)C(C)(C)C)c2ccc(C)cc2)cc1)Nc1ccccc1C(=O)c1ccccc1. The third-order valence-electron chi connectivity index (χ3n) is 7.41. The van der Waals surface area contributed by atoms with Crippen molar-refractivity contribution in [3.63, 3.8) is 0 Å². The molecule has 1 unspecified atom stereocenters. The van der Waals surface area contributed by atoms with Crippen molar-refractivity contribution < 1.29 is 23.9 Å². The lowest BCUT2D eigenvalue weighted by atomic mass is 9.94. The minimum Gasteiger partial charge on any atom is -0.494 e. The van der Waals surface area contributed by atoms with Crippen LogP contribution in [0.15, 0.2) is 103 Å². The Balaban J connectivity index is 1.37. The van der Waals surface area contributed by atoms with Crippen LogP contribution in [0.4, 0.5) is 11.4 Å². The van der Waals surface area contributed by atoms with Crippen LogP contribution in [0.25, 0.3) is 0 Å². The molecule has 0 spiro atoms. The monoisotopic (exact) mass is 606 g/mol. The largest absolute Gasteiger partial charge is 0.494 e. The van der Waals surface area contributed by atoms with Gasteiger partial charge in [-0.1, -0.05) is 93.1 Å². The zero-order valence-electron chi connectivity index (χ0n) is 26.7. The molecule has 0 radical (unpaired) electrons. The summed E-state index contributed by atoms with van der Waals surface area (Å²) in [6.45, 7) is 8.79. The lowest BCUT2D eigenvalue weighted by Crippen LogP contribution is -2.40. The standard InChI is InChI=1S/C38H42N2O5/c1-27-16-20-30(21-17-27)40(37(43)38(2,3)4)24-11-25-45-31-22-18-28(19-23-31)26-34(36(42)44-5)39-33-15-10-9-14-32(33)35(41)29-12-7-6-8-13-29/h6-10,12-23,34,39H,11,24-26H2,1-5H3. The van der Waals surface area contributed by atoms with Crippen LogP contribution in [0.1, 0.15) is 54.2 Å². The number of anilines is 2. The Hall–Kier alpha value is -4.91. The molecule has 4 aromatic rings. The number of carbonyl (C=O) groups excluding carboxylic acids is 3. The number of aryl methyl sites for hydroxylation is 1. The number of esters is 1. The number of ketones is 1. The summed E-state index contributed by atoms with van der Waals surface area (Å²) >= 11 is 0. The van der Waals surface area contributed by atoms with Gasteiger partial charge in [0.2, 0.25) is 5.91 Å². The van der Waals surface area contributed by atoms with Gasteiger partial charge < -0.3 is 19.7 Å². The van der Waals surface area contributed by atoms with E-state index in [0.717, 1.165) is 16.8 Å². The summed E-state index contributed by atoms with van der Waals surface area (Å²) in [5.74, 6) is 0.203. The van der Waals surface area contributed by atoms with Crippen molar-refractivity contribution in [3.05, 3.63) is 125 Å². The predicted octanol–water partition coefficient (Wildman–Crippen LogP) is 7.27. The molecule has 0 aliphatic rings. The molecule has 0 saturated carbocycles. The number of nitrogens with zero attached hydrogens (tertiary/aromatic N) is 1. The van der Waals surface area contributed by atoms with E-state index >= 15 is 0 Å². The Morgan fingerprint density at radius 2 is 1.47 bits per heavy atom. The quantitative estimate of drug-likeness (QED) is 0.0979. The molecule has 1 atom stereocenters. The Morgan fingerprint density at radius 3 is 2.11 bits per heavy atom. The van der Waals surface area contributed by atoms with Crippen LogP contribution < -0.4 is 15.0 Å². The fourth-order valence-corrected chi connectivity index (χ4v) is 4.92. The van der Waals surface area contributed by atoms with Crippen LogP contribution in [0.2, 0.25) is 0 Å². The maximum Gasteiger partial charge on any atom is 0.328 e. The van der Waals surface area contributed by atoms with Gasteiger partial charge in [-0.25, -0.2) is 4.79 Å². The van der Waals surface area contributed by atoms with Crippen molar-refractivity contribution >= 4 is 29.0 Å². The molecule has 0 fully saturated rings. The summed E-state index contributed by atoms with van der Waals surface area (Å²) < 4.78 is 11.1. The highest BCUT2D eigenvalue weighted by molar-refractivity contribution is 6.12. The second-order valence-electron chi connectivity index (χ2n) is 12.1. The molecule has 4 rings (SSSR count). The Kier molecular flexibility index (Phi) is 11.1. The number of carbonyl (C=O) groups is 3. The van der Waals surface area contributed by atoms with Gasteiger partial charge in [0.05, 0.1) is 13.7 Å². The third kappa shape index (κ3) is 9.05. The number of amides is 1. The molecule has 234 valence electrons. The number of nitrogens with one attached hydrogen (secondary N) is 1. The molecule has 7 heteroatoms. The van der Waals surface area contributed by atoms with E-state index in [-0.39, 0.29) is 11.7 Å². The van der Waals surface area contributed by atoms with E-state index < -0.39 is 17.4 Å². The normalized spacial score (nSPS) is 11.8. The molecule has 7 nitrogen and oxygen atoms in total. The fourth-order valence-electron chi connectivity index (χ4n) is 4.92. The topological polar surface area (TPSA) is 84.9 Å². The van der Waals surface area contributed by atoms with E-state index in [2.05, 4.69) is 5.32 Å². The summed E-state index contributed by atoms with van der Waals surface area (Å²) in [5, 5.41) is 3.24. The lowest BCUT2D eigenvalue weighted by molar-refractivity contribution is -0.141. The number of para-hydroxylation sites is 1. The average Bonchev–Trinajstić information content (AvgIpc) is 3.05. The second kappa shape index (κ2) is 15.2. The van der Waals surface area contributed by atoms with E-state index in [9.17, 15) is 14.4 Å². The zero-order valence-corrected chi connectivity index (χ0v) is 26.7. The molecule has 1 amide bonds. The molecular formula is C38H42N2O5. The van der Waals surface area contributed by atoms with Gasteiger partial charge in [0.25, 0.3) is 0 Å². The van der Waals surface area contributed by atoms with Crippen LogP contribution in [0.3, 0.4) is 0 Å². The van der Waals surface area contributed by atoms with E-state index in [1.165, 1.54) is 7.11 Å². The molecule has 0 heterocycles. The smallest absolute Gasteiger partial charge is 0.328 e. The first-order valence-electron chi connectivity index (χ1n) is 15.2. The summed E-state index contributed by atoms with van der Waals surface area (Å²) in [5.41, 5.74) is 4.03. The molecule has 1 N–H and O–H groups in total. The van der Waals surface area contributed by atoms with Crippen molar-refractivity contribution in [3.8, 4) is 5.75 Å². The van der Waals surface area contributed by atoms with Crippen LogP contribution in [0.5, 0.6) is 5.75 Å². The Labute approximate surface area is 266 Å². The molecule has 0 aliphatic carbocycles. The van der Waals surface area contributed by atoms with Gasteiger partial charge in [0, 0.05) is 40.9 Å². The van der Waals surface area contributed by atoms with Crippen LogP contribution in [0, 0.1) is 12.3 Å². The van der Waals surface area contributed by atoms with Gasteiger partial charge in [-0.2, -0.15) is 0 Å². The molecule has 0 bridgehead atoms. The molecule has 0 saturated heterocycles. The summed E-state index contributed by atoms with van der Waals surface area (Å²) in [6, 6.07) is 31.1. The number of rotatable bonds is 13. The maximum absolute atomic E-state index is 13.2. The van der Waals surface area contributed by atoms with Gasteiger partial charge in [-0.3, -0.25) is 9.59 Å². The van der Waals surface area contributed by atoms with E-state index in [1.807, 2.05) is 105 Å². The molecule has 0 aliphatic heterocycles. The van der Waals surface area contributed by atoms with Gasteiger partial charge in [-0.05, 0) is 55.3 Å². The number of benzene rings is 4. The lowest BCUT2D eigenvalue weighted by Gasteiger charge is -2.29. The first-order valence-corrected chi connectivity index (χ1v) is 15.2. The van der Waals surface area contributed by atoms with Crippen LogP contribution in [-0.4, -0.2) is 44.0 Å². The van der Waals surface area contributed by atoms with E-state index in [1.54, 1.807) is 30.3 Å². The number of hydrogen-bond donors (Lipinski definition) is 1. The highest BCUT2D eigenvalue weighted by Crippen LogP contribution is 2.25. The minimum absolute atomic E-state index is 0.0662. The fraction of sp³-hybridized carbons (Fsp3) is 0.289. The maximum atomic E-state index is 13.2. The first kappa shape index (κ1) is 33.0. The van der Waals surface area contributed by atoms with Crippen LogP contribution in [-0.2, 0) is 20.7 Å². The molecule has 0 aromatic heterocycles. The number of hydrogen-bond acceptors (Lipinski definition) is 6. The minimum atomic E-state index is -0.709. The van der Waals surface area contributed by atoms with Gasteiger partial charge >= 0.3 is 5.97 Å².